The van der Waals surface area contributed by atoms with E-state index in [2.05, 4.69) is 15.0 Å². The van der Waals surface area contributed by atoms with E-state index in [1.807, 2.05) is 13.8 Å². The molecule has 0 amide bonds. The average molecular weight is 245 g/mol. The van der Waals surface area contributed by atoms with Crippen LogP contribution in [0.2, 0.25) is 0 Å². The van der Waals surface area contributed by atoms with Crippen molar-refractivity contribution in [2.45, 2.75) is 25.8 Å². The van der Waals surface area contributed by atoms with E-state index in [4.69, 9.17) is 5.73 Å². The first-order valence-electron chi connectivity index (χ1n) is 5.60. The fourth-order valence-corrected chi connectivity index (χ4v) is 1.77. The zero-order chi connectivity index (χ0) is 13.2. The van der Waals surface area contributed by atoms with Gasteiger partial charge in [0.1, 0.15) is 11.6 Å². The Morgan fingerprint density at radius 2 is 2.00 bits per heavy atom. The summed E-state index contributed by atoms with van der Waals surface area (Å²) in [7, 11) is 0. The maximum atomic E-state index is 11.8. The minimum atomic E-state index is -0.459. The minimum Gasteiger partial charge on any atom is -0.383 e. The van der Waals surface area contributed by atoms with Gasteiger partial charge in [-0.15, -0.1) is 0 Å². The smallest absolute Gasteiger partial charge is 0.350 e. The van der Waals surface area contributed by atoms with Crippen molar-refractivity contribution >= 4 is 5.82 Å². The van der Waals surface area contributed by atoms with E-state index < -0.39 is 5.54 Å². The topological polar surface area (TPSA) is 86.7 Å². The number of hydrogen-bond acceptors (Lipinski definition) is 5. The Kier molecular flexibility index (Phi) is 3.10. The van der Waals surface area contributed by atoms with E-state index in [1.165, 1.54) is 0 Å². The van der Waals surface area contributed by atoms with Gasteiger partial charge in [0.05, 0.1) is 5.54 Å². The predicted molar refractivity (Wildman–Crippen MR) is 68.0 cm³/mol. The van der Waals surface area contributed by atoms with Gasteiger partial charge in [-0.3, -0.25) is 4.57 Å². The number of nitrogens with zero attached hydrogens (tertiary/aromatic N) is 4. The molecule has 0 aliphatic carbocycles. The van der Waals surface area contributed by atoms with E-state index in [-0.39, 0.29) is 11.5 Å². The van der Waals surface area contributed by atoms with Crippen molar-refractivity contribution in [3.63, 3.8) is 0 Å². The Balaban J connectivity index is 2.33. The van der Waals surface area contributed by atoms with E-state index >= 15 is 0 Å². The third kappa shape index (κ3) is 2.53. The van der Waals surface area contributed by atoms with Gasteiger partial charge in [-0.25, -0.2) is 14.8 Å². The molecule has 2 N–H and O–H groups in total. The Morgan fingerprint density at radius 1 is 1.33 bits per heavy atom. The Bertz CT molecular complexity index is 591. The maximum Gasteiger partial charge on any atom is 0.350 e. The van der Waals surface area contributed by atoms with Gasteiger partial charge in [0.25, 0.3) is 0 Å². The molecule has 6 nitrogen and oxygen atoms in total. The molecular formula is C12H15N5O. The highest BCUT2D eigenvalue weighted by molar-refractivity contribution is 5.24. The van der Waals surface area contributed by atoms with Crippen molar-refractivity contribution in [1.29, 1.82) is 0 Å². The molecule has 0 unspecified atom stereocenters. The van der Waals surface area contributed by atoms with Crippen LogP contribution in [0.25, 0.3) is 0 Å². The highest BCUT2D eigenvalue weighted by Gasteiger charge is 2.23. The third-order valence-electron chi connectivity index (χ3n) is 2.69. The number of nitrogen functional groups attached to an aromatic ring is 1. The molecule has 18 heavy (non-hydrogen) atoms. The fourth-order valence-electron chi connectivity index (χ4n) is 1.77. The Morgan fingerprint density at radius 3 is 2.61 bits per heavy atom. The lowest BCUT2D eigenvalue weighted by Gasteiger charge is -2.26. The number of hydrogen-bond donors (Lipinski definition) is 1. The van der Waals surface area contributed by atoms with Crippen LogP contribution in [0.1, 0.15) is 19.7 Å². The summed E-state index contributed by atoms with van der Waals surface area (Å²) >= 11 is 0. The summed E-state index contributed by atoms with van der Waals surface area (Å²) in [6, 6.07) is 3.36. The summed E-state index contributed by atoms with van der Waals surface area (Å²) in [6.45, 7) is 3.87. The molecule has 2 aromatic rings. The van der Waals surface area contributed by atoms with Crippen LogP contribution in [-0.4, -0.2) is 19.5 Å². The van der Waals surface area contributed by atoms with Crippen molar-refractivity contribution in [2.75, 3.05) is 5.73 Å². The average Bonchev–Trinajstić information content (AvgIpc) is 2.29. The van der Waals surface area contributed by atoms with Crippen LogP contribution in [0.5, 0.6) is 0 Å². The summed E-state index contributed by atoms with van der Waals surface area (Å²) in [5.41, 5.74) is 4.65. The Labute approximate surface area is 105 Å². The second-order valence-electron chi connectivity index (χ2n) is 4.66. The highest BCUT2D eigenvalue weighted by atomic mass is 16.1. The molecule has 2 rings (SSSR count). The van der Waals surface area contributed by atoms with Crippen LogP contribution in [0.15, 0.2) is 35.5 Å². The van der Waals surface area contributed by atoms with Crippen molar-refractivity contribution < 1.29 is 0 Å². The third-order valence-corrected chi connectivity index (χ3v) is 2.69. The lowest BCUT2D eigenvalue weighted by Crippen LogP contribution is -2.39. The van der Waals surface area contributed by atoms with E-state index in [0.717, 1.165) is 0 Å². The predicted octanol–water partition coefficient (Wildman–Crippen LogP) is 0.593. The highest BCUT2D eigenvalue weighted by Crippen LogP contribution is 2.17. The molecular weight excluding hydrogens is 230 g/mol. The Hall–Kier alpha value is -2.24. The van der Waals surface area contributed by atoms with Gasteiger partial charge in [-0.05, 0) is 26.0 Å². The molecule has 0 fully saturated rings. The SMILES string of the molecule is CC(C)(Cc1ncccn1)n1ccc(N)nc1=O. The lowest BCUT2D eigenvalue weighted by molar-refractivity contribution is 0.330. The van der Waals surface area contributed by atoms with Crippen LogP contribution < -0.4 is 11.4 Å². The van der Waals surface area contributed by atoms with Gasteiger partial charge in [-0.1, -0.05) is 0 Å². The molecule has 0 saturated carbocycles. The first-order valence-corrected chi connectivity index (χ1v) is 5.60. The van der Waals surface area contributed by atoms with E-state index in [1.54, 1.807) is 35.3 Å². The molecule has 6 heteroatoms. The van der Waals surface area contributed by atoms with Crippen LogP contribution in [0, 0.1) is 0 Å². The quantitative estimate of drug-likeness (QED) is 0.855. The molecule has 0 atom stereocenters. The maximum absolute atomic E-state index is 11.8. The van der Waals surface area contributed by atoms with Gasteiger partial charge >= 0.3 is 5.69 Å². The van der Waals surface area contributed by atoms with Crippen molar-refractivity contribution in [3.8, 4) is 0 Å². The van der Waals surface area contributed by atoms with Crippen molar-refractivity contribution in [2.24, 2.45) is 0 Å². The molecule has 2 heterocycles. The molecule has 0 aliphatic heterocycles. The monoisotopic (exact) mass is 245 g/mol. The zero-order valence-electron chi connectivity index (χ0n) is 10.4. The molecule has 0 aliphatic rings. The van der Waals surface area contributed by atoms with Gasteiger partial charge in [-0.2, -0.15) is 4.98 Å². The normalized spacial score (nSPS) is 11.4. The first kappa shape index (κ1) is 12.2. The zero-order valence-corrected chi connectivity index (χ0v) is 10.4. The number of nitrogens with two attached hydrogens (primary N) is 1. The van der Waals surface area contributed by atoms with Gasteiger partial charge in [0.2, 0.25) is 0 Å². The molecule has 0 bridgehead atoms. The standard InChI is InChI=1S/C12H15N5O/c1-12(2,8-10-14-5-3-6-15-10)17-7-4-9(13)16-11(17)18/h3-7H,8H2,1-2H3,(H2,13,16,18). The van der Waals surface area contributed by atoms with Crippen molar-refractivity contribution in [1.82, 2.24) is 19.5 Å². The molecule has 0 saturated heterocycles. The lowest BCUT2D eigenvalue weighted by atomic mass is 10.00. The van der Waals surface area contributed by atoms with Crippen LogP contribution in [0.4, 0.5) is 5.82 Å². The number of aromatic nitrogens is 4. The van der Waals surface area contributed by atoms with Crippen molar-refractivity contribution in [3.05, 3.63) is 47.0 Å². The summed E-state index contributed by atoms with van der Waals surface area (Å²) in [5, 5.41) is 0. The fraction of sp³-hybridized carbons (Fsp3) is 0.333. The largest absolute Gasteiger partial charge is 0.383 e. The van der Waals surface area contributed by atoms with Crippen LogP contribution in [-0.2, 0) is 12.0 Å². The summed E-state index contributed by atoms with van der Waals surface area (Å²) in [6.07, 6.45) is 5.55. The number of anilines is 1. The van der Waals surface area contributed by atoms with E-state index in [9.17, 15) is 4.79 Å². The summed E-state index contributed by atoms with van der Waals surface area (Å²) < 4.78 is 1.54. The van der Waals surface area contributed by atoms with Gasteiger partial charge < -0.3 is 5.73 Å². The number of rotatable bonds is 3. The molecule has 0 spiro atoms. The summed E-state index contributed by atoms with van der Waals surface area (Å²) in [5.74, 6) is 0.911. The van der Waals surface area contributed by atoms with Gasteiger partial charge in [0, 0.05) is 25.0 Å². The second kappa shape index (κ2) is 4.56. The van der Waals surface area contributed by atoms with Crippen LogP contribution in [0.3, 0.4) is 0 Å². The van der Waals surface area contributed by atoms with Crippen LogP contribution >= 0.6 is 0 Å². The van der Waals surface area contributed by atoms with E-state index in [0.29, 0.717) is 12.2 Å². The molecule has 94 valence electrons. The summed E-state index contributed by atoms with van der Waals surface area (Å²) in [4.78, 5) is 23.9. The molecule has 0 radical (unpaired) electrons. The first-order chi connectivity index (χ1) is 8.49. The second-order valence-corrected chi connectivity index (χ2v) is 4.66. The van der Waals surface area contributed by atoms with Gasteiger partial charge in [0.15, 0.2) is 0 Å². The molecule has 0 aromatic carbocycles. The molecule has 2 aromatic heterocycles. The minimum absolute atomic E-state index is 0.225.